The highest BCUT2D eigenvalue weighted by atomic mass is 32.1. The monoisotopic (exact) mass is 524 g/mol. The fourth-order valence-corrected chi connectivity index (χ4v) is 3.88. The Morgan fingerprint density at radius 3 is 2.31 bits per heavy atom. The highest BCUT2D eigenvalue weighted by Gasteiger charge is 2.34. The third kappa shape index (κ3) is 4.37. The molecule has 1 amide bonds. The summed E-state index contributed by atoms with van der Waals surface area (Å²) in [5.74, 6) is -12.4. The molecule has 4 rings (SSSR count). The first-order chi connectivity index (χ1) is 17.0. The Balaban J connectivity index is 1.62. The molecule has 3 aromatic rings. The average Bonchev–Trinajstić information content (AvgIpc) is 3.32. The summed E-state index contributed by atoms with van der Waals surface area (Å²) < 4.78 is 79.9. The Morgan fingerprint density at radius 1 is 1.08 bits per heavy atom. The van der Waals surface area contributed by atoms with Crippen molar-refractivity contribution in [3.63, 3.8) is 0 Å². The first-order valence-electron chi connectivity index (χ1n) is 10.2. The van der Waals surface area contributed by atoms with Crippen molar-refractivity contribution in [3.05, 3.63) is 76.0 Å². The van der Waals surface area contributed by atoms with E-state index in [2.05, 4.69) is 10.4 Å². The number of methoxy groups -OCH3 is 1. The number of carbonyl (C=O) groups excluding carboxylic acids is 1. The lowest BCUT2D eigenvalue weighted by Gasteiger charge is -2.13. The van der Waals surface area contributed by atoms with Gasteiger partial charge < -0.3 is 14.8 Å². The molecular weight excluding hydrogens is 507 g/mol. The van der Waals surface area contributed by atoms with E-state index in [0.717, 1.165) is 0 Å². The lowest BCUT2D eigenvalue weighted by atomic mass is 10.1. The molecule has 2 aromatic carbocycles. The van der Waals surface area contributed by atoms with E-state index in [0.29, 0.717) is 16.9 Å². The van der Waals surface area contributed by atoms with Gasteiger partial charge in [0.1, 0.15) is 18.1 Å². The van der Waals surface area contributed by atoms with Crippen LogP contribution in [0.1, 0.15) is 16.8 Å². The normalized spacial score (nSPS) is 14.6. The Hall–Kier alpha value is -4.00. The van der Waals surface area contributed by atoms with Gasteiger partial charge in [0.2, 0.25) is 29.1 Å². The second-order valence-electron chi connectivity index (χ2n) is 7.66. The molecule has 1 aliphatic heterocycles. The number of aromatic nitrogens is 2. The zero-order valence-corrected chi connectivity index (χ0v) is 19.8. The van der Waals surface area contributed by atoms with Crippen molar-refractivity contribution in [3.8, 4) is 11.5 Å². The number of rotatable bonds is 6. The van der Waals surface area contributed by atoms with Crippen LogP contribution >= 0.6 is 12.2 Å². The number of anilines is 1. The number of nitrogens with one attached hydrogen (secondary N) is 1. The zero-order chi connectivity index (χ0) is 26.3. The number of halogens is 5. The second-order valence-corrected chi connectivity index (χ2v) is 8.05. The number of aryl methyl sites for hydroxylation is 2. The molecule has 1 aliphatic rings. The molecule has 2 heterocycles. The first-order valence-corrected chi connectivity index (χ1v) is 10.6. The van der Waals surface area contributed by atoms with Crippen molar-refractivity contribution < 1.29 is 36.2 Å². The summed E-state index contributed by atoms with van der Waals surface area (Å²) in [6.07, 6.45) is 3.12. The number of nitrogens with zero attached hydrogens (tertiary/aromatic N) is 3. The summed E-state index contributed by atoms with van der Waals surface area (Å²) >= 11 is 5.29. The molecule has 1 N–H and O–H groups in total. The number of thiocarbonyl (C=S) groups is 1. The van der Waals surface area contributed by atoms with E-state index in [9.17, 15) is 26.7 Å². The molecule has 0 unspecified atom stereocenters. The number of benzene rings is 2. The highest BCUT2D eigenvalue weighted by Crippen LogP contribution is 2.31. The number of amides is 1. The molecule has 188 valence electrons. The highest BCUT2D eigenvalue weighted by molar-refractivity contribution is 7.80. The van der Waals surface area contributed by atoms with Crippen molar-refractivity contribution in [2.45, 2.75) is 13.5 Å². The largest absolute Gasteiger partial charge is 0.496 e. The minimum Gasteiger partial charge on any atom is -0.496 e. The Labute approximate surface area is 206 Å². The molecule has 1 fully saturated rings. The van der Waals surface area contributed by atoms with Crippen LogP contribution in [-0.2, 0) is 18.4 Å². The van der Waals surface area contributed by atoms with Gasteiger partial charge in [-0.05, 0) is 42.9 Å². The fourth-order valence-electron chi connectivity index (χ4n) is 3.59. The first kappa shape index (κ1) is 25.1. The van der Waals surface area contributed by atoms with Gasteiger partial charge in [-0.15, -0.1) is 0 Å². The van der Waals surface area contributed by atoms with E-state index < -0.39 is 47.3 Å². The molecular formula is C23H17F5N4O3S. The summed E-state index contributed by atoms with van der Waals surface area (Å²) in [7, 11) is 3.03. The maximum atomic E-state index is 14.0. The predicted octanol–water partition coefficient (Wildman–Crippen LogP) is 4.27. The van der Waals surface area contributed by atoms with Gasteiger partial charge in [-0.2, -0.15) is 13.9 Å². The van der Waals surface area contributed by atoms with Crippen LogP contribution < -0.4 is 19.7 Å². The summed E-state index contributed by atoms with van der Waals surface area (Å²) in [5, 5.41) is 7.18. The average molecular weight is 524 g/mol. The number of carbonyl (C=O) groups is 1. The molecule has 0 spiro atoms. The van der Waals surface area contributed by atoms with Crippen LogP contribution in [0.2, 0.25) is 0 Å². The van der Waals surface area contributed by atoms with Gasteiger partial charge in [0, 0.05) is 18.8 Å². The van der Waals surface area contributed by atoms with E-state index in [1.807, 2.05) is 0 Å². The van der Waals surface area contributed by atoms with Gasteiger partial charge in [-0.3, -0.25) is 9.48 Å². The summed E-state index contributed by atoms with van der Waals surface area (Å²) in [6, 6.07) is 4.54. The van der Waals surface area contributed by atoms with Crippen molar-refractivity contribution in [2.24, 2.45) is 7.05 Å². The van der Waals surface area contributed by atoms with Crippen LogP contribution in [0.5, 0.6) is 11.5 Å². The minimum absolute atomic E-state index is 0.139. The molecule has 0 saturated carbocycles. The van der Waals surface area contributed by atoms with Gasteiger partial charge in [-0.25, -0.2) is 18.1 Å². The van der Waals surface area contributed by atoms with E-state index >= 15 is 0 Å². The predicted molar refractivity (Wildman–Crippen MR) is 123 cm³/mol. The second kappa shape index (κ2) is 9.57. The zero-order valence-electron chi connectivity index (χ0n) is 19.0. The molecule has 0 atom stereocenters. The third-order valence-corrected chi connectivity index (χ3v) is 5.55. The van der Waals surface area contributed by atoms with E-state index in [1.54, 1.807) is 30.9 Å². The van der Waals surface area contributed by atoms with Crippen LogP contribution in [0.3, 0.4) is 0 Å². The van der Waals surface area contributed by atoms with Gasteiger partial charge in [0.25, 0.3) is 5.91 Å². The van der Waals surface area contributed by atoms with E-state index in [4.69, 9.17) is 21.7 Å². The van der Waals surface area contributed by atoms with Crippen molar-refractivity contribution >= 4 is 35.0 Å². The van der Waals surface area contributed by atoms with Gasteiger partial charge in [0.15, 0.2) is 10.9 Å². The quantitative estimate of drug-likeness (QED) is 0.171. The maximum Gasteiger partial charge on any atom is 0.281 e. The minimum atomic E-state index is -2.29. The van der Waals surface area contributed by atoms with Crippen molar-refractivity contribution in [1.29, 1.82) is 0 Å². The standard InChI is InChI=1S/C23H17F5N4O3S/c1-10-14(8-31(2)30-10)32-22(33)13(29-23(32)36)7-11-4-5-15(34-3)12(6-11)9-35-21-19(27)17(25)16(24)18(26)20(21)28/h4-8H,9H2,1-3H3,(H,29,36)/b13-7+. The maximum absolute atomic E-state index is 14.0. The molecule has 7 nitrogen and oxygen atoms in total. The molecule has 1 aromatic heterocycles. The SMILES string of the molecule is COc1ccc(/C=C2/NC(=S)N(c3cn(C)nc3C)C2=O)cc1COc1c(F)c(F)c(F)c(F)c1F. The molecule has 0 aliphatic carbocycles. The molecule has 0 radical (unpaired) electrons. The van der Waals surface area contributed by atoms with Crippen LogP contribution in [0.25, 0.3) is 6.08 Å². The Bertz CT molecular complexity index is 1410. The third-order valence-electron chi connectivity index (χ3n) is 5.26. The fraction of sp³-hybridized carbons (Fsp3) is 0.174. The summed E-state index contributed by atoms with van der Waals surface area (Å²) in [4.78, 5) is 14.3. The van der Waals surface area contributed by atoms with Crippen LogP contribution in [-0.4, -0.2) is 27.9 Å². The molecule has 36 heavy (non-hydrogen) atoms. The van der Waals surface area contributed by atoms with Crippen molar-refractivity contribution in [1.82, 2.24) is 15.1 Å². The van der Waals surface area contributed by atoms with E-state index in [1.165, 1.54) is 30.2 Å². The Kier molecular flexibility index (Phi) is 6.67. The van der Waals surface area contributed by atoms with Crippen LogP contribution in [0.4, 0.5) is 27.6 Å². The summed E-state index contributed by atoms with van der Waals surface area (Å²) in [5.41, 5.74) is 1.89. The smallest absolute Gasteiger partial charge is 0.281 e. The Morgan fingerprint density at radius 2 is 1.72 bits per heavy atom. The molecule has 13 heteroatoms. The molecule has 1 saturated heterocycles. The number of hydrogen-bond donors (Lipinski definition) is 1. The van der Waals surface area contributed by atoms with E-state index in [-0.39, 0.29) is 22.1 Å². The lowest BCUT2D eigenvalue weighted by Crippen LogP contribution is -2.30. The topological polar surface area (TPSA) is 68.6 Å². The van der Waals surface area contributed by atoms with Crippen LogP contribution in [0.15, 0.2) is 30.1 Å². The molecule has 0 bridgehead atoms. The van der Waals surface area contributed by atoms with Crippen LogP contribution in [0, 0.1) is 36.0 Å². The summed E-state index contributed by atoms with van der Waals surface area (Å²) in [6.45, 7) is 1.13. The van der Waals surface area contributed by atoms with Crippen molar-refractivity contribution in [2.75, 3.05) is 12.0 Å². The lowest BCUT2D eigenvalue weighted by molar-refractivity contribution is -0.113. The van der Waals surface area contributed by atoms with Gasteiger partial charge in [-0.1, -0.05) is 6.07 Å². The van der Waals surface area contributed by atoms with Gasteiger partial charge >= 0.3 is 0 Å². The number of ether oxygens (including phenoxy) is 2. The van der Waals surface area contributed by atoms with Gasteiger partial charge in [0.05, 0.1) is 18.5 Å². The number of hydrogen-bond acceptors (Lipinski definition) is 5.